The number of hydrogen-bond acceptors (Lipinski definition) is 9. The highest BCUT2D eigenvalue weighted by atomic mass is 35.5. The van der Waals surface area contributed by atoms with Gasteiger partial charge in [0.25, 0.3) is 17.5 Å². The maximum absolute atomic E-state index is 12.7. The second-order valence-electron chi connectivity index (χ2n) is 9.60. The zero-order valence-corrected chi connectivity index (χ0v) is 27.0. The lowest BCUT2D eigenvalue weighted by Gasteiger charge is -2.06. The van der Waals surface area contributed by atoms with Gasteiger partial charge in [-0.15, -0.1) is 11.3 Å². The molecule has 45 heavy (non-hydrogen) atoms. The van der Waals surface area contributed by atoms with Gasteiger partial charge in [-0.1, -0.05) is 59.2 Å². The van der Waals surface area contributed by atoms with Crippen molar-refractivity contribution in [2.75, 3.05) is 5.32 Å². The van der Waals surface area contributed by atoms with Crippen LogP contribution in [0.15, 0.2) is 98.0 Å². The second-order valence-corrected chi connectivity index (χ2v) is 13.8. The van der Waals surface area contributed by atoms with E-state index in [0.717, 1.165) is 22.0 Å². The number of fused-ring (bicyclic) bond motifs is 1. The maximum Gasteiger partial charge on any atom is 0.283 e. The average Bonchev–Trinajstić information content (AvgIpc) is 3.56. The Morgan fingerprint density at radius 3 is 2.67 bits per heavy atom. The van der Waals surface area contributed by atoms with Crippen molar-refractivity contribution in [3.8, 4) is 0 Å². The van der Waals surface area contributed by atoms with Crippen LogP contribution in [0.4, 0.5) is 17.1 Å². The number of carbonyl (C=O) groups excluding carboxylic acids is 2. The highest BCUT2D eigenvalue weighted by molar-refractivity contribution is 8.18. The maximum atomic E-state index is 12.7. The number of anilines is 1. The van der Waals surface area contributed by atoms with Gasteiger partial charge in [0.2, 0.25) is 0 Å². The minimum absolute atomic E-state index is 0.118. The molecule has 2 amide bonds. The van der Waals surface area contributed by atoms with Crippen molar-refractivity contribution in [2.24, 2.45) is 4.99 Å². The average molecular weight is 693 g/mol. The lowest BCUT2D eigenvalue weighted by Crippen LogP contribution is -2.19. The van der Waals surface area contributed by atoms with E-state index < -0.39 is 4.92 Å². The number of nitro groups is 1. The van der Waals surface area contributed by atoms with E-state index in [9.17, 15) is 19.7 Å². The van der Waals surface area contributed by atoms with Gasteiger partial charge in [0, 0.05) is 16.8 Å². The summed E-state index contributed by atoms with van der Waals surface area (Å²) in [5.74, 6) is -0.687. The predicted molar refractivity (Wildman–Crippen MR) is 183 cm³/mol. The monoisotopic (exact) mass is 691 g/mol. The summed E-state index contributed by atoms with van der Waals surface area (Å²) in [6, 6.07) is 22.2. The lowest BCUT2D eigenvalue weighted by atomic mass is 10.2. The van der Waals surface area contributed by atoms with Gasteiger partial charge in [-0.3, -0.25) is 19.7 Å². The Morgan fingerprint density at radius 2 is 1.89 bits per heavy atom. The molecular weight excluding hydrogens is 673 g/mol. The molecule has 9 nitrogen and oxygen atoms in total. The summed E-state index contributed by atoms with van der Waals surface area (Å²) in [4.78, 5) is 46.6. The van der Waals surface area contributed by atoms with Crippen LogP contribution in [-0.2, 0) is 4.79 Å². The van der Waals surface area contributed by atoms with Gasteiger partial charge in [0.05, 0.1) is 41.2 Å². The third kappa shape index (κ3) is 7.05. The zero-order valence-electron chi connectivity index (χ0n) is 23.0. The number of aliphatic imine (C=N–C) groups is 1. The van der Waals surface area contributed by atoms with Crippen molar-refractivity contribution in [3.63, 3.8) is 0 Å². The number of thiazole rings is 1. The van der Waals surface area contributed by atoms with Crippen molar-refractivity contribution in [3.05, 3.63) is 121 Å². The van der Waals surface area contributed by atoms with E-state index in [1.165, 1.54) is 29.2 Å². The number of nitrogens with one attached hydrogen (secondary N) is 2. The van der Waals surface area contributed by atoms with Gasteiger partial charge in [0.1, 0.15) is 0 Å². The number of rotatable bonds is 7. The van der Waals surface area contributed by atoms with Crippen LogP contribution >= 0.6 is 58.1 Å². The van der Waals surface area contributed by atoms with E-state index >= 15 is 0 Å². The number of aryl methyl sites for hydroxylation is 1. The van der Waals surface area contributed by atoms with E-state index in [4.69, 9.17) is 23.2 Å². The van der Waals surface area contributed by atoms with E-state index in [0.29, 0.717) is 57.4 Å². The van der Waals surface area contributed by atoms with E-state index in [1.54, 1.807) is 72.8 Å². The van der Waals surface area contributed by atoms with Gasteiger partial charge in [-0.05, 0) is 84.4 Å². The molecule has 1 saturated heterocycles. The first-order chi connectivity index (χ1) is 21.6. The molecular formula is C31H19Cl2N5O4S3. The van der Waals surface area contributed by atoms with E-state index in [-0.39, 0.29) is 17.5 Å². The summed E-state index contributed by atoms with van der Waals surface area (Å²) in [7, 11) is 0. The summed E-state index contributed by atoms with van der Waals surface area (Å²) < 4.78 is 1.39. The largest absolute Gasteiger partial charge is 0.322 e. The Kier molecular flexibility index (Phi) is 8.92. The number of amides is 2. The van der Waals surface area contributed by atoms with E-state index in [1.807, 2.05) is 13.0 Å². The Labute approximate surface area is 278 Å². The molecule has 0 saturated carbocycles. The quantitative estimate of drug-likeness (QED) is 0.0990. The molecule has 1 aliphatic heterocycles. The molecule has 5 aromatic rings. The molecule has 1 aromatic heterocycles. The number of thioether (sulfide) groups is 1. The molecule has 0 aliphatic carbocycles. The number of carbonyl (C=O) groups is 2. The Bertz CT molecular complexity index is 2100. The van der Waals surface area contributed by atoms with Crippen LogP contribution in [-0.4, -0.2) is 26.9 Å². The molecule has 1 aliphatic rings. The third-order valence-electron chi connectivity index (χ3n) is 6.46. The minimum Gasteiger partial charge on any atom is -0.322 e. The summed E-state index contributed by atoms with van der Waals surface area (Å²) in [6.07, 6.45) is 1.59. The number of nitro benzene ring substituents is 1. The van der Waals surface area contributed by atoms with Crippen molar-refractivity contribution >= 4 is 108 Å². The van der Waals surface area contributed by atoms with Crippen molar-refractivity contribution in [1.29, 1.82) is 0 Å². The van der Waals surface area contributed by atoms with Crippen LogP contribution in [0.1, 0.15) is 21.5 Å². The summed E-state index contributed by atoms with van der Waals surface area (Å²) in [6.45, 7) is 1.89. The normalized spacial score (nSPS) is 14.7. The molecule has 2 N–H and O–H groups in total. The minimum atomic E-state index is -0.462. The predicted octanol–water partition coefficient (Wildman–Crippen LogP) is 9.11. The fourth-order valence-corrected chi connectivity index (χ4v) is 7.60. The summed E-state index contributed by atoms with van der Waals surface area (Å²) in [5.41, 5.74) is 3.51. The molecule has 1 fully saturated rings. The molecule has 6 rings (SSSR count). The zero-order chi connectivity index (χ0) is 31.7. The molecule has 0 spiro atoms. The van der Waals surface area contributed by atoms with Gasteiger partial charge in [-0.25, -0.2) is 9.98 Å². The second kappa shape index (κ2) is 13.0. The Balaban J connectivity index is 1.19. The van der Waals surface area contributed by atoms with E-state index in [2.05, 4.69) is 20.6 Å². The Morgan fingerprint density at radius 1 is 1.07 bits per heavy atom. The van der Waals surface area contributed by atoms with Crippen molar-refractivity contribution in [2.45, 2.75) is 16.2 Å². The Hall–Kier alpha value is -4.20. The highest BCUT2D eigenvalue weighted by Crippen LogP contribution is 2.40. The topological polar surface area (TPSA) is 127 Å². The van der Waals surface area contributed by atoms with Crippen LogP contribution in [0.25, 0.3) is 16.3 Å². The first-order valence-electron chi connectivity index (χ1n) is 13.1. The molecule has 14 heteroatoms. The van der Waals surface area contributed by atoms with Crippen LogP contribution in [0.3, 0.4) is 0 Å². The van der Waals surface area contributed by atoms with Gasteiger partial charge in [0.15, 0.2) is 9.51 Å². The first-order valence-corrected chi connectivity index (χ1v) is 16.3. The van der Waals surface area contributed by atoms with Crippen molar-refractivity contribution in [1.82, 2.24) is 10.3 Å². The molecule has 0 radical (unpaired) electrons. The number of halogens is 2. The van der Waals surface area contributed by atoms with Gasteiger partial charge in [-0.2, -0.15) is 0 Å². The molecule has 4 aromatic carbocycles. The SMILES string of the molecule is Cc1ccc(N=C2NC(=O)/C(=C/c3ccc(Sc4nc5ccc(NC(=O)c6ccccc6Cl)cc5s4)c([N+](=O)[O-])c3)S2)cc1Cl. The highest BCUT2D eigenvalue weighted by Gasteiger charge is 2.25. The molecule has 0 atom stereocenters. The first kappa shape index (κ1) is 30.8. The number of nitrogens with zero attached hydrogens (tertiary/aromatic N) is 3. The van der Waals surface area contributed by atoms with Gasteiger partial charge < -0.3 is 10.6 Å². The number of hydrogen-bond donors (Lipinski definition) is 2. The molecule has 0 bridgehead atoms. The van der Waals surface area contributed by atoms with Crippen LogP contribution in [0, 0.1) is 17.0 Å². The fourth-order valence-electron chi connectivity index (χ4n) is 4.22. The van der Waals surface area contributed by atoms with Gasteiger partial charge >= 0.3 is 0 Å². The standard InChI is InChI=1S/C31H19Cl2N5O4S3/c1-16-6-8-18(14-22(16)33)35-30-37-29(40)27(43-30)13-17-7-11-25(24(12-17)38(41)42)44-31-36-23-10-9-19(15-26(23)45-31)34-28(39)20-4-2-3-5-21(20)32/h2-15H,1H3,(H,34,39)(H,35,37,40)/b27-13-. The molecule has 224 valence electrons. The van der Waals surface area contributed by atoms with Crippen molar-refractivity contribution < 1.29 is 14.5 Å². The van der Waals surface area contributed by atoms with Crippen LogP contribution in [0.5, 0.6) is 0 Å². The third-order valence-corrected chi connectivity index (χ3v) is 10.2. The number of benzene rings is 4. The van der Waals surface area contributed by atoms with Crippen LogP contribution in [0.2, 0.25) is 10.0 Å². The lowest BCUT2D eigenvalue weighted by molar-refractivity contribution is -0.387. The number of amidine groups is 1. The molecule has 0 unspecified atom stereocenters. The summed E-state index contributed by atoms with van der Waals surface area (Å²) >= 11 is 16.0. The fraction of sp³-hybridized carbons (Fsp3) is 0.0323. The van der Waals surface area contributed by atoms with Crippen LogP contribution < -0.4 is 10.6 Å². The smallest absolute Gasteiger partial charge is 0.283 e. The summed E-state index contributed by atoms with van der Waals surface area (Å²) in [5, 5.41) is 18.9. The molecule has 2 heterocycles. The number of aromatic nitrogens is 1.